The van der Waals surface area contributed by atoms with E-state index in [-0.39, 0.29) is 35.9 Å². The van der Waals surface area contributed by atoms with E-state index in [9.17, 15) is 25.2 Å². The average molecular weight is 1080 g/mol. The lowest BCUT2D eigenvalue weighted by atomic mass is 9.29. The van der Waals surface area contributed by atoms with Gasteiger partial charge in [-0.3, -0.25) is 9.59 Å². The van der Waals surface area contributed by atoms with E-state index in [0.717, 1.165) is 82.8 Å². The summed E-state index contributed by atoms with van der Waals surface area (Å²) in [5, 5.41) is 54.5. The lowest BCUT2D eigenvalue weighted by Crippen LogP contribution is -2.73. The first-order chi connectivity index (χ1) is 37.6. The number of ketones is 2. The van der Waals surface area contributed by atoms with Crippen molar-refractivity contribution in [3.63, 3.8) is 0 Å². The van der Waals surface area contributed by atoms with Crippen LogP contribution in [0, 0.1) is 68.0 Å². The van der Waals surface area contributed by atoms with Crippen molar-refractivity contribution < 1.29 is 44.3 Å². The molecule has 426 valence electrons. The molecule has 15 atom stereocenters. The first-order valence-electron chi connectivity index (χ1n) is 30.9. The van der Waals surface area contributed by atoms with Crippen LogP contribution in [0.3, 0.4) is 0 Å². The molecule has 7 aliphatic carbocycles. The van der Waals surface area contributed by atoms with Gasteiger partial charge in [0.2, 0.25) is 0 Å². The summed E-state index contributed by atoms with van der Waals surface area (Å²) in [6, 6.07) is 6.53. The van der Waals surface area contributed by atoms with E-state index in [4.69, 9.17) is 9.47 Å². The van der Waals surface area contributed by atoms with Crippen molar-refractivity contribution in [3.8, 4) is 11.8 Å². The van der Waals surface area contributed by atoms with Gasteiger partial charge in [-0.2, -0.15) is 0 Å². The number of nitrogens with zero attached hydrogens (tertiary/aromatic N) is 1. The van der Waals surface area contributed by atoms with Gasteiger partial charge in [0, 0.05) is 104 Å². The highest BCUT2D eigenvalue weighted by atomic mass is 16.6. The molecule has 13 rings (SSSR count). The van der Waals surface area contributed by atoms with Gasteiger partial charge >= 0.3 is 0 Å². The number of aliphatic hydroxyl groups is 4. The molecule has 1 aromatic carbocycles. The molecule has 5 bridgehead atoms. The first-order valence-corrected chi connectivity index (χ1v) is 30.9. The van der Waals surface area contributed by atoms with Crippen molar-refractivity contribution in [2.75, 3.05) is 26.8 Å². The van der Waals surface area contributed by atoms with Gasteiger partial charge in [-0.15, -0.1) is 11.8 Å². The third kappa shape index (κ3) is 7.73. The highest BCUT2D eigenvalue weighted by Crippen LogP contribution is 2.81. The molecule has 5 heterocycles. The topological polar surface area (TPSA) is 187 Å². The molecule has 3 aliphatic heterocycles. The molecular formula is C67H89N3O9. The van der Waals surface area contributed by atoms with E-state index in [1.165, 1.54) is 12.0 Å². The van der Waals surface area contributed by atoms with Gasteiger partial charge in [-0.05, 0) is 159 Å². The second-order valence-corrected chi connectivity index (χ2v) is 29.1. The van der Waals surface area contributed by atoms with Crippen LogP contribution in [0.15, 0.2) is 41.7 Å². The van der Waals surface area contributed by atoms with Crippen LogP contribution in [0.1, 0.15) is 197 Å². The Kier molecular flexibility index (Phi) is 12.9. The van der Waals surface area contributed by atoms with Gasteiger partial charge < -0.3 is 49.6 Å². The molecule has 2 spiro atoms. The van der Waals surface area contributed by atoms with Crippen molar-refractivity contribution in [1.82, 2.24) is 14.9 Å². The molecule has 2 saturated heterocycles. The van der Waals surface area contributed by atoms with E-state index < -0.39 is 79.8 Å². The number of benzene rings is 1. The highest BCUT2D eigenvalue weighted by molar-refractivity contribution is 6.02. The largest absolute Gasteiger partial charge is 0.393 e. The first kappa shape index (κ1) is 54.3. The number of aliphatic hydroxyl groups excluding tert-OH is 3. The Balaban J connectivity index is 1.04. The Morgan fingerprint density at radius 3 is 2.39 bits per heavy atom. The normalized spacial score (nSPS) is 41.0. The molecule has 3 aromatic rings. The van der Waals surface area contributed by atoms with Gasteiger partial charge in [0.05, 0.1) is 46.5 Å². The number of epoxide rings is 1. The van der Waals surface area contributed by atoms with Crippen molar-refractivity contribution in [1.29, 1.82) is 0 Å². The number of carbonyl (C=O) groups excluding carboxylic acids is 3. The maximum Gasteiger partial charge on any atom is 0.160 e. The van der Waals surface area contributed by atoms with E-state index in [1.54, 1.807) is 0 Å². The van der Waals surface area contributed by atoms with Gasteiger partial charge in [-0.25, -0.2) is 0 Å². The number of Topliss-reactive ketones (excluding diaryl/α,β-unsaturated/α-hetero) is 2. The van der Waals surface area contributed by atoms with Gasteiger partial charge in [-0.1, -0.05) is 65.2 Å². The monoisotopic (exact) mass is 1080 g/mol. The summed E-state index contributed by atoms with van der Waals surface area (Å²) in [4.78, 5) is 49.2. The summed E-state index contributed by atoms with van der Waals surface area (Å²) in [5.41, 5.74) is 2.65. The van der Waals surface area contributed by atoms with E-state index in [2.05, 4.69) is 85.0 Å². The lowest BCUT2D eigenvalue weighted by molar-refractivity contribution is -0.266. The summed E-state index contributed by atoms with van der Waals surface area (Å²) in [7, 11) is 1.95. The minimum atomic E-state index is -1.08. The molecule has 0 amide bonds. The Morgan fingerprint density at radius 1 is 0.937 bits per heavy atom. The molecule has 7 fully saturated rings. The average Bonchev–Trinajstić information content (AvgIpc) is 3.67. The smallest absolute Gasteiger partial charge is 0.160 e. The fourth-order valence-corrected chi connectivity index (χ4v) is 20.8. The fraction of sp³-hybridized carbons (Fsp3) is 0.716. The Hall–Kier alpha value is -3.93. The molecule has 6 N–H and O–H groups in total. The van der Waals surface area contributed by atoms with Crippen LogP contribution in [0.5, 0.6) is 0 Å². The quantitative estimate of drug-likeness (QED) is 0.0614. The standard InChI is InChI=1S/C67H89N3O9/c1-60(2)59(79-60)50(74)32-62(4)43-15-11-12-18-66-20-17-51-61(3,21-24-68-7)52(75)34-65(19-16-45(72)31-65)64(51,6)58(66)57(76)47(53-54(62)49(73)33-63(53,66)5)37-70-36-46(55-56(70)42(30-43)35-69-55)48(38-71)41-27-40(39-13-9-8-10-14-39)28-44(29-41)67(77)22-25-78-26-23-67/h27-29,35-36,38-39,43,45,47-48,50-51,57-59,68-69,72,74,76-77H,8-10,13-26,30-34,37H2,1-7H3/t43-,45-,47-,48-,50-,51+,57-,58-,59-,61+,62-,63+,64-,65-,66+/m1/s1. The summed E-state index contributed by atoms with van der Waals surface area (Å²) in [5.74, 6) is 6.37. The molecule has 0 unspecified atom stereocenters. The molecule has 12 heteroatoms. The van der Waals surface area contributed by atoms with Crippen LogP contribution in [0.2, 0.25) is 0 Å². The van der Waals surface area contributed by atoms with Gasteiger partial charge in [0.15, 0.2) is 5.78 Å². The van der Waals surface area contributed by atoms with Crippen molar-refractivity contribution in [2.45, 2.75) is 218 Å². The number of aromatic nitrogens is 2. The molecule has 5 saturated carbocycles. The molecule has 10 aliphatic rings. The third-order valence-electron chi connectivity index (χ3n) is 25.0. The number of nitrogens with one attached hydrogen (secondary N) is 2. The Bertz CT molecular complexity index is 3070. The summed E-state index contributed by atoms with van der Waals surface area (Å²) in [6.45, 7) is 15.1. The summed E-state index contributed by atoms with van der Waals surface area (Å²) >= 11 is 0. The predicted molar refractivity (Wildman–Crippen MR) is 302 cm³/mol. The number of fused-ring (bicyclic) bond motifs is 4. The van der Waals surface area contributed by atoms with Crippen LogP contribution in [-0.2, 0) is 42.4 Å². The minimum absolute atomic E-state index is 0.0894. The summed E-state index contributed by atoms with van der Waals surface area (Å²) in [6.07, 6.45) is 15.6. The van der Waals surface area contributed by atoms with Crippen LogP contribution >= 0.6 is 0 Å². The van der Waals surface area contributed by atoms with E-state index >= 15 is 9.59 Å². The lowest BCUT2D eigenvalue weighted by Gasteiger charge is -2.74. The minimum Gasteiger partial charge on any atom is -0.393 e. The molecule has 0 radical (unpaired) electrons. The maximum atomic E-state index is 16.1. The van der Waals surface area contributed by atoms with E-state index in [1.807, 2.05) is 20.9 Å². The Labute approximate surface area is 468 Å². The van der Waals surface area contributed by atoms with Crippen LogP contribution in [0.25, 0.3) is 11.0 Å². The van der Waals surface area contributed by atoms with Crippen molar-refractivity contribution in [3.05, 3.63) is 69.6 Å². The number of H-pyrrole nitrogens is 1. The number of ether oxygens (including phenoxy) is 2. The number of aldehydes is 1. The van der Waals surface area contributed by atoms with Crippen LogP contribution in [0.4, 0.5) is 0 Å². The number of allylic oxidation sites excluding steroid dienone is 1. The molecule has 79 heavy (non-hydrogen) atoms. The Morgan fingerprint density at radius 2 is 1.70 bits per heavy atom. The number of hydrogen-bond acceptors (Lipinski definition) is 10. The number of carbonyl (C=O) groups is 3. The maximum absolute atomic E-state index is 16.1. The van der Waals surface area contributed by atoms with Gasteiger partial charge in [0.1, 0.15) is 18.2 Å². The van der Waals surface area contributed by atoms with Crippen LogP contribution < -0.4 is 5.32 Å². The zero-order chi connectivity index (χ0) is 55.5. The van der Waals surface area contributed by atoms with Gasteiger partial charge in [0.25, 0.3) is 0 Å². The molecule has 12 nitrogen and oxygen atoms in total. The second-order valence-electron chi connectivity index (χ2n) is 29.1. The second kappa shape index (κ2) is 18.8. The number of aromatic amines is 1. The molecular weight excluding hydrogens is 991 g/mol. The highest BCUT2D eigenvalue weighted by Gasteiger charge is 2.79. The van der Waals surface area contributed by atoms with E-state index in [0.29, 0.717) is 109 Å². The number of hydrogen-bond donors (Lipinski definition) is 6. The van der Waals surface area contributed by atoms with Crippen molar-refractivity contribution in [2.24, 2.45) is 56.2 Å². The molecule has 2 aromatic heterocycles. The number of rotatable bonds is 11. The predicted octanol–water partition coefficient (Wildman–Crippen LogP) is 9.66. The SMILES string of the molecule is CNCC[C@]1(C)C(=O)C[C@]2(CC[C@@H](O)C2)[C@]2(C)[C@H]1CC[C@]13CC#CC[C@@H]4Cc5c[nH]c6c([C@H](C=O)c7cc(C8CCCCC8)cc(C8(O)CCOCC8)c7)cn(c56)C[C@H](C5=C(C(=O)C[C@@]51C)[C@]4(C)C[C@@H](O)[C@H]1OC1(C)C)[C@@H](O)[C@@H]32. The van der Waals surface area contributed by atoms with Crippen molar-refractivity contribution >= 4 is 28.9 Å². The zero-order valence-electron chi connectivity index (χ0n) is 48.3. The van der Waals surface area contributed by atoms with Crippen LogP contribution in [-0.4, -0.2) is 105 Å². The zero-order valence-corrected chi connectivity index (χ0v) is 48.3. The summed E-state index contributed by atoms with van der Waals surface area (Å²) < 4.78 is 14.3. The fourth-order valence-electron chi connectivity index (χ4n) is 20.8. The third-order valence-corrected chi connectivity index (χ3v) is 25.0.